The molecule has 0 aliphatic carbocycles. The summed E-state index contributed by atoms with van der Waals surface area (Å²) >= 11 is 0. The first-order valence-corrected chi connectivity index (χ1v) is 6.49. The van der Waals surface area contributed by atoms with Crippen molar-refractivity contribution in [1.29, 1.82) is 0 Å². The molecule has 1 rings (SSSR count). The molecule has 0 aromatic heterocycles. The Morgan fingerprint density at radius 3 is 2.40 bits per heavy atom. The van der Waals surface area contributed by atoms with Crippen LogP contribution in [0.3, 0.4) is 0 Å². The van der Waals surface area contributed by atoms with E-state index in [1.807, 2.05) is 13.8 Å². The third kappa shape index (κ3) is 4.05. The van der Waals surface area contributed by atoms with E-state index in [2.05, 4.69) is 0 Å². The quantitative estimate of drug-likeness (QED) is 0.809. The third-order valence-electron chi connectivity index (χ3n) is 3.18. The Labute approximate surface area is 117 Å². The minimum Gasteiger partial charge on any atom is -0.478 e. The molecule has 1 N–H and O–H groups in total. The highest BCUT2D eigenvalue weighted by atomic mass is 19.1. The Balaban J connectivity index is 3.08. The molecule has 0 bridgehead atoms. The van der Waals surface area contributed by atoms with Gasteiger partial charge in [0.15, 0.2) is 0 Å². The maximum Gasteiger partial charge on any atom is 0.328 e. The minimum absolute atomic E-state index is 0.0180. The minimum atomic E-state index is -1.16. The van der Waals surface area contributed by atoms with Gasteiger partial charge in [-0.1, -0.05) is 13.3 Å². The fourth-order valence-corrected chi connectivity index (χ4v) is 2.02. The van der Waals surface area contributed by atoms with Crippen molar-refractivity contribution in [2.24, 2.45) is 0 Å². The Morgan fingerprint density at radius 1 is 1.40 bits per heavy atom. The number of benzene rings is 1. The van der Waals surface area contributed by atoms with Gasteiger partial charge in [0.2, 0.25) is 0 Å². The monoisotopic (exact) mass is 283 g/mol. The van der Waals surface area contributed by atoms with Crippen LogP contribution < -0.4 is 4.90 Å². The number of hydrogen-bond donors (Lipinski definition) is 1. The van der Waals surface area contributed by atoms with Crippen LogP contribution >= 0.6 is 0 Å². The van der Waals surface area contributed by atoms with Crippen molar-refractivity contribution in [2.45, 2.75) is 32.7 Å². The van der Waals surface area contributed by atoms with E-state index < -0.39 is 17.6 Å². The van der Waals surface area contributed by atoms with Crippen LogP contribution in [-0.4, -0.2) is 24.2 Å². The average molecular weight is 283 g/mol. The topological polar surface area (TPSA) is 40.5 Å². The van der Waals surface area contributed by atoms with E-state index in [0.29, 0.717) is 0 Å². The van der Waals surface area contributed by atoms with E-state index in [0.717, 1.165) is 37.1 Å². The summed E-state index contributed by atoms with van der Waals surface area (Å²) in [5.74, 6) is -2.55. The average Bonchev–Trinajstić information content (AvgIpc) is 2.35. The summed E-state index contributed by atoms with van der Waals surface area (Å²) in [6.45, 7) is 3.91. The predicted octanol–water partition coefficient (Wildman–Crippen LogP) is 3.69. The van der Waals surface area contributed by atoms with Gasteiger partial charge in [-0.2, -0.15) is 0 Å². The van der Waals surface area contributed by atoms with Gasteiger partial charge in [-0.25, -0.2) is 13.6 Å². The van der Waals surface area contributed by atoms with Crippen LogP contribution in [0.2, 0.25) is 0 Å². The zero-order valence-corrected chi connectivity index (χ0v) is 11.9. The van der Waals surface area contributed by atoms with Crippen LogP contribution in [-0.2, 0) is 4.79 Å². The standard InChI is InChI=1S/C15H19F2NO2/c1-4-5-10(2)18(3)15-12(16)8-11(9-13(15)17)6-7-14(19)20/h6-10H,4-5H2,1-3H3,(H,19,20). The lowest BCUT2D eigenvalue weighted by atomic mass is 10.1. The fourth-order valence-electron chi connectivity index (χ4n) is 2.02. The molecule has 110 valence electrons. The van der Waals surface area contributed by atoms with Gasteiger partial charge in [0.1, 0.15) is 17.3 Å². The van der Waals surface area contributed by atoms with Crippen LogP contribution in [0.1, 0.15) is 32.3 Å². The molecule has 0 aliphatic rings. The number of carboxylic acids is 1. The number of halogens is 2. The number of carbonyl (C=O) groups is 1. The number of hydrogen-bond acceptors (Lipinski definition) is 2. The van der Waals surface area contributed by atoms with Crippen molar-refractivity contribution in [2.75, 3.05) is 11.9 Å². The van der Waals surface area contributed by atoms with Crippen molar-refractivity contribution < 1.29 is 18.7 Å². The molecule has 0 saturated carbocycles. The maximum atomic E-state index is 14.0. The molecule has 0 heterocycles. The van der Waals surface area contributed by atoms with E-state index in [1.165, 1.54) is 0 Å². The Kier molecular flexibility index (Phi) is 5.67. The lowest BCUT2D eigenvalue weighted by molar-refractivity contribution is -0.131. The van der Waals surface area contributed by atoms with Crippen LogP contribution in [0.15, 0.2) is 18.2 Å². The SMILES string of the molecule is CCCC(C)N(C)c1c(F)cc(C=CC(=O)O)cc1F. The van der Waals surface area contributed by atoms with Gasteiger partial charge in [0.25, 0.3) is 0 Å². The smallest absolute Gasteiger partial charge is 0.328 e. The van der Waals surface area contributed by atoms with Gasteiger partial charge in [0.05, 0.1) is 0 Å². The second-order valence-electron chi connectivity index (χ2n) is 4.75. The second kappa shape index (κ2) is 7.03. The van der Waals surface area contributed by atoms with E-state index in [-0.39, 0.29) is 17.3 Å². The number of nitrogens with zero attached hydrogens (tertiary/aromatic N) is 1. The van der Waals surface area contributed by atoms with Gasteiger partial charge < -0.3 is 10.0 Å². The van der Waals surface area contributed by atoms with Crippen molar-refractivity contribution >= 4 is 17.7 Å². The highest BCUT2D eigenvalue weighted by Crippen LogP contribution is 2.27. The molecule has 1 atom stereocenters. The summed E-state index contributed by atoms with van der Waals surface area (Å²) in [6.07, 6.45) is 3.76. The molecule has 0 saturated heterocycles. The molecule has 3 nitrogen and oxygen atoms in total. The molecule has 20 heavy (non-hydrogen) atoms. The lowest BCUT2D eigenvalue weighted by Gasteiger charge is -2.27. The normalized spacial score (nSPS) is 12.7. The molecule has 0 fully saturated rings. The Bertz CT molecular complexity index is 492. The zero-order chi connectivity index (χ0) is 15.3. The van der Waals surface area contributed by atoms with Gasteiger partial charge in [-0.05, 0) is 37.1 Å². The van der Waals surface area contributed by atoms with Crippen molar-refractivity contribution in [1.82, 2.24) is 0 Å². The van der Waals surface area contributed by atoms with Crippen molar-refractivity contribution in [3.05, 3.63) is 35.4 Å². The summed E-state index contributed by atoms with van der Waals surface area (Å²) < 4.78 is 28.0. The molecule has 0 aliphatic heterocycles. The Morgan fingerprint density at radius 2 is 1.95 bits per heavy atom. The molecule has 1 unspecified atom stereocenters. The largest absolute Gasteiger partial charge is 0.478 e. The zero-order valence-electron chi connectivity index (χ0n) is 11.9. The molecule has 5 heteroatoms. The van der Waals surface area contributed by atoms with Crippen LogP contribution in [0.25, 0.3) is 6.08 Å². The lowest BCUT2D eigenvalue weighted by Crippen LogP contribution is -2.30. The molecule has 1 aromatic carbocycles. The first-order valence-electron chi connectivity index (χ1n) is 6.49. The van der Waals surface area contributed by atoms with Crippen molar-refractivity contribution in [3.63, 3.8) is 0 Å². The van der Waals surface area contributed by atoms with E-state index >= 15 is 0 Å². The fraction of sp³-hybridized carbons (Fsp3) is 0.400. The molecule has 0 amide bonds. The van der Waals surface area contributed by atoms with Gasteiger partial charge in [-0.3, -0.25) is 0 Å². The molecular weight excluding hydrogens is 264 g/mol. The second-order valence-corrected chi connectivity index (χ2v) is 4.75. The van der Waals surface area contributed by atoms with Gasteiger partial charge >= 0.3 is 5.97 Å². The number of aliphatic carboxylic acids is 1. The molecule has 0 spiro atoms. The van der Waals surface area contributed by atoms with Crippen LogP contribution in [0.5, 0.6) is 0 Å². The van der Waals surface area contributed by atoms with Crippen molar-refractivity contribution in [3.8, 4) is 0 Å². The van der Waals surface area contributed by atoms with Crippen LogP contribution in [0.4, 0.5) is 14.5 Å². The number of anilines is 1. The van der Waals surface area contributed by atoms with E-state index in [1.54, 1.807) is 11.9 Å². The summed E-state index contributed by atoms with van der Waals surface area (Å²) in [5.41, 5.74) is 0.0983. The van der Waals surface area contributed by atoms with Crippen LogP contribution in [0, 0.1) is 11.6 Å². The molecular formula is C15H19F2NO2. The Hall–Kier alpha value is -1.91. The highest BCUT2D eigenvalue weighted by Gasteiger charge is 2.18. The first kappa shape index (κ1) is 16.1. The third-order valence-corrected chi connectivity index (χ3v) is 3.18. The molecule has 0 radical (unpaired) electrons. The summed E-state index contributed by atoms with van der Waals surface area (Å²) in [7, 11) is 1.65. The first-order chi connectivity index (χ1) is 9.36. The van der Waals surface area contributed by atoms with Gasteiger partial charge in [-0.15, -0.1) is 0 Å². The maximum absolute atomic E-state index is 14.0. The summed E-state index contributed by atoms with van der Waals surface area (Å²) in [5, 5.41) is 8.51. The summed E-state index contributed by atoms with van der Waals surface area (Å²) in [6, 6.07) is 2.28. The summed E-state index contributed by atoms with van der Waals surface area (Å²) in [4.78, 5) is 12.0. The number of carboxylic acid groups (broad SMARTS) is 1. The number of rotatable bonds is 6. The molecule has 1 aromatic rings. The van der Waals surface area contributed by atoms with Gasteiger partial charge in [0, 0.05) is 19.2 Å². The van der Waals surface area contributed by atoms with E-state index in [9.17, 15) is 13.6 Å². The van der Waals surface area contributed by atoms with E-state index in [4.69, 9.17) is 5.11 Å². The highest BCUT2D eigenvalue weighted by molar-refractivity contribution is 5.85. The predicted molar refractivity (Wildman–Crippen MR) is 75.8 cm³/mol.